The molecule has 2 aliphatic rings. The normalized spacial score (nSPS) is 30.7. The van der Waals surface area contributed by atoms with Crippen LogP contribution in [0.4, 0.5) is 5.69 Å². The van der Waals surface area contributed by atoms with Crippen LogP contribution in [0.2, 0.25) is 0 Å². The lowest BCUT2D eigenvalue weighted by Gasteiger charge is -2.37. The summed E-state index contributed by atoms with van der Waals surface area (Å²) in [7, 11) is 0. The number of nitrogens with one attached hydrogen (secondary N) is 1. The van der Waals surface area contributed by atoms with Gasteiger partial charge in [0, 0.05) is 31.4 Å². The maximum atomic E-state index is 5.97. The van der Waals surface area contributed by atoms with Crippen molar-refractivity contribution in [2.45, 2.75) is 44.8 Å². The molecule has 0 aromatic heterocycles. The number of anilines is 1. The van der Waals surface area contributed by atoms with E-state index in [0.29, 0.717) is 6.04 Å². The van der Waals surface area contributed by atoms with Gasteiger partial charge < -0.3 is 14.8 Å². The van der Waals surface area contributed by atoms with Crippen molar-refractivity contribution in [1.29, 1.82) is 0 Å². The number of ether oxygens (including phenoxy) is 2. The van der Waals surface area contributed by atoms with Crippen molar-refractivity contribution < 1.29 is 9.47 Å². The Morgan fingerprint density at radius 2 is 2.11 bits per heavy atom. The first-order chi connectivity index (χ1) is 9.17. The highest BCUT2D eigenvalue weighted by Gasteiger charge is 2.40. The summed E-state index contributed by atoms with van der Waals surface area (Å²) in [4.78, 5) is 0. The molecule has 2 atom stereocenters. The van der Waals surface area contributed by atoms with Gasteiger partial charge in [-0.1, -0.05) is 6.07 Å². The lowest BCUT2D eigenvalue weighted by atomic mass is 9.89. The van der Waals surface area contributed by atoms with Crippen LogP contribution < -0.4 is 5.32 Å². The number of benzene rings is 1. The van der Waals surface area contributed by atoms with Crippen LogP contribution >= 0.6 is 0 Å². The molecule has 104 valence electrons. The van der Waals surface area contributed by atoms with Crippen molar-refractivity contribution in [3.05, 3.63) is 29.3 Å². The Labute approximate surface area is 115 Å². The molecule has 2 unspecified atom stereocenters. The third-order valence-electron chi connectivity index (χ3n) is 4.44. The number of rotatable bonds is 2. The molecule has 0 radical (unpaired) electrons. The van der Waals surface area contributed by atoms with Gasteiger partial charge in [0.05, 0.1) is 12.2 Å². The van der Waals surface area contributed by atoms with Crippen LogP contribution in [0.15, 0.2) is 18.2 Å². The first-order valence-electron chi connectivity index (χ1n) is 7.22. The monoisotopic (exact) mass is 261 g/mol. The van der Waals surface area contributed by atoms with Crippen LogP contribution in [-0.4, -0.2) is 31.5 Å². The number of hydrogen-bond acceptors (Lipinski definition) is 3. The maximum Gasteiger partial charge on any atom is 0.0956 e. The first kappa shape index (κ1) is 12.9. The van der Waals surface area contributed by atoms with Crippen LogP contribution in [0.1, 0.15) is 30.4 Å². The van der Waals surface area contributed by atoms with Gasteiger partial charge in [-0.05, 0) is 49.9 Å². The van der Waals surface area contributed by atoms with Gasteiger partial charge in [-0.3, -0.25) is 0 Å². The van der Waals surface area contributed by atoms with Crippen molar-refractivity contribution >= 4 is 5.69 Å². The predicted octanol–water partition coefficient (Wildman–Crippen LogP) is 3.05. The Hall–Kier alpha value is -1.06. The average Bonchev–Trinajstić information content (AvgIpc) is 2.82. The molecule has 3 heteroatoms. The molecule has 3 rings (SSSR count). The molecular formula is C16H23NO2. The molecule has 2 aliphatic heterocycles. The molecule has 0 bridgehead atoms. The van der Waals surface area contributed by atoms with Gasteiger partial charge in [0.25, 0.3) is 0 Å². The van der Waals surface area contributed by atoms with E-state index >= 15 is 0 Å². The van der Waals surface area contributed by atoms with Crippen LogP contribution in [-0.2, 0) is 9.47 Å². The molecule has 2 saturated heterocycles. The summed E-state index contributed by atoms with van der Waals surface area (Å²) in [5.41, 5.74) is 3.90. The van der Waals surface area contributed by atoms with E-state index in [9.17, 15) is 0 Å². The number of hydrogen-bond donors (Lipinski definition) is 1. The Kier molecular flexibility index (Phi) is 3.50. The summed E-state index contributed by atoms with van der Waals surface area (Å²) in [6.07, 6.45) is 3.17. The molecule has 3 nitrogen and oxygen atoms in total. The second-order valence-electron chi connectivity index (χ2n) is 5.97. The minimum absolute atomic E-state index is 0.0182. The summed E-state index contributed by atoms with van der Waals surface area (Å²) in [6, 6.07) is 7.10. The fourth-order valence-corrected chi connectivity index (χ4v) is 3.08. The smallest absolute Gasteiger partial charge is 0.0956 e. The molecule has 0 aliphatic carbocycles. The Morgan fingerprint density at radius 3 is 2.84 bits per heavy atom. The van der Waals surface area contributed by atoms with E-state index in [0.717, 1.165) is 39.1 Å². The van der Waals surface area contributed by atoms with Crippen molar-refractivity contribution in [3.8, 4) is 0 Å². The zero-order valence-electron chi connectivity index (χ0n) is 11.9. The number of aryl methyl sites for hydroxylation is 2. The molecule has 0 amide bonds. The summed E-state index contributed by atoms with van der Waals surface area (Å²) in [5.74, 6) is 0. The SMILES string of the molecule is Cc1ccc(NC2CCOC3(CCOC3)C2)cc1C. The van der Waals surface area contributed by atoms with Crippen LogP contribution in [0.3, 0.4) is 0 Å². The van der Waals surface area contributed by atoms with Gasteiger partial charge in [0.2, 0.25) is 0 Å². The molecule has 1 spiro atoms. The second-order valence-corrected chi connectivity index (χ2v) is 5.97. The summed E-state index contributed by atoms with van der Waals surface area (Å²) < 4.78 is 11.5. The van der Waals surface area contributed by atoms with Crippen LogP contribution in [0, 0.1) is 13.8 Å². The van der Waals surface area contributed by atoms with E-state index in [2.05, 4.69) is 37.4 Å². The van der Waals surface area contributed by atoms with Gasteiger partial charge in [-0.15, -0.1) is 0 Å². The minimum Gasteiger partial charge on any atom is -0.382 e. The highest BCUT2D eigenvalue weighted by Crippen LogP contribution is 2.34. The van der Waals surface area contributed by atoms with E-state index < -0.39 is 0 Å². The maximum absolute atomic E-state index is 5.97. The third-order valence-corrected chi connectivity index (χ3v) is 4.44. The van der Waals surface area contributed by atoms with Gasteiger partial charge in [0.15, 0.2) is 0 Å². The summed E-state index contributed by atoms with van der Waals surface area (Å²) >= 11 is 0. The van der Waals surface area contributed by atoms with Gasteiger partial charge in [-0.25, -0.2) is 0 Å². The second kappa shape index (κ2) is 5.14. The lowest BCUT2D eigenvalue weighted by Crippen LogP contribution is -2.44. The molecule has 2 heterocycles. The predicted molar refractivity (Wildman–Crippen MR) is 76.7 cm³/mol. The van der Waals surface area contributed by atoms with Crippen LogP contribution in [0.25, 0.3) is 0 Å². The summed E-state index contributed by atoms with van der Waals surface area (Å²) in [5, 5.41) is 3.66. The standard InChI is InChI=1S/C16H23NO2/c1-12-3-4-14(9-13(12)2)17-15-5-7-19-16(10-15)6-8-18-11-16/h3-4,9,15,17H,5-8,10-11H2,1-2H3. The lowest BCUT2D eigenvalue weighted by molar-refractivity contribution is -0.0828. The van der Waals surface area contributed by atoms with E-state index in [4.69, 9.17) is 9.47 Å². The van der Waals surface area contributed by atoms with Crippen LogP contribution in [0.5, 0.6) is 0 Å². The minimum atomic E-state index is -0.0182. The largest absolute Gasteiger partial charge is 0.382 e. The van der Waals surface area contributed by atoms with Crippen molar-refractivity contribution in [2.24, 2.45) is 0 Å². The zero-order valence-corrected chi connectivity index (χ0v) is 11.9. The van der Waals surface area contributed by atoms with Crippen molar-refractivity contribution in [2.75, 3.05) is 25.1 Å². The van der Waals surface area contributed by atoms with E-state index in [1.807, 2.05) is 0 Å². The zero-order chi connectivity index (χ0) is 13.3. The molecule has 0 saturated carbocycles. The van der Waals surface area contributed by atoms with Gasteiger partial charge in [-0.2, -0.15) is 0 Å². The summed E-state index contributed by atoms with van der Waals surface area (Å²) in [6.45, 7) is 6.76. The Balaban J connectivity index is 1.67. The Bertz CT molecular complexity index is 452. The molecular weight excluding hydrogens is 238 g/mol. The Morgan fingerprint density at radius 1 is 1.21 bits per heavy atom. The average molecular weight is 261 g/mol. The van der Waals surface area contributed by atoms with Crippen molar-refractivity contribution in [1.82, 2.24) is 0 Å². The topological polar surface area (TPSA) is 30.5 Å². The molecule has 1 aromatic rings. The first-order valence-corrected chi connectivity index (χ1v) is 7.22. The molecule has 1 aromatic carbocycles. The van der Waals surface area contributed by atoms with E-state index in [1.165, 1.54) is 16.8 Å². The van der Waals surface area contributed by atoms with Gasteiger partial charge >= 0.3 is 0 Å². The fourth-order valence-electron chi connectivity index (χ4n) is 3.08. The highest BCUT2D eigenvalue weighted by molar-refractivity contribution is 5.48. The van der Waals surface area contributed by atoms with E-state index in [-0.39, 0.29) is 5.60 Å². The highest BCUT2D eigenvalue weighted by atomic mass is 16.6. The van der Waals surface area contributed by atoms with Gasteiger partial charge in [0.1, 0.15) is 0 Å². The quantitative estimate of drug-likeness (QED) is 0.887. The fraction of sp³-hybridized carbons (Fsp3) is 0.625. The molecule has 19 heavy (non-hydrogen) atoms. The molecule has 2 fully saturated rings. The third kappa shape index (κ3) is 2.77. The molecule has 1 N–H and O–H groups in total. The van der Waals surface area contributed by atoms with E-state index in [1.54, 1.807) is 0 Å². The van der Waals surface area contributed by atoms with Crippen molar-refractivity contribution in [3.63, 3.8) is 0 Å².